The molecule has 1 heterocycles. The van der Waals surface area contributed by atoms with Crippen molar-refractivity contribution in [1.29, 1.82) is 0 Å². The fraction of sp³-hybridized carbons (Fsp3) is 0.250. The normalized spacial score (nSPS) is 21.4. The van der Waals surface area contributed by atoms with Crippen molar-refractivity contribution in [1.82, 2.24) is 5.32 Å². The van der Waals surface area contributed by atoms with E-state index in [1.54, 1.807) is 18.2 Å². The maximum absolute atomic E-state index is 13.0. The third-order valence-corrected chi connectivity index (χ3v) is 4.17. The summed E-state index contributed by atoms with van der Waals surface area (Å²) in [6.07, 6.45) is 7.05. The molecule has 0 radical (unpaired) electrons. The van der Waals surface area contributed by atoms with E-state index in [1.807, 2.05) is 6.08 Å². The average Bonchev–Trinajstić information content (AvgIpc) is 2.53. The molecule has 0 spiro atoms. The van der Waals surface area contributed by atoms with Crippen LogP contribution in [-0.2, 0) is 4.79 Å². The monoisotopic (exact) mass is 338 g/mol. The minimum Gasteiger partial charge on any atom is -0.325 e. The van der Waals surface area contributed by atoms with Crippen LogP contribution in [0.4, 0.5) is 4.39 Å². The summed E-state index contributed by atoms with van der Waals surface area (Å²) in [5, 5.41) is 2.82. The van der Waals surface area contributed by atoms with Crippen LogP contribution in [0, 0.1) is 17.2 Å². The van der Waals surface area contributed by atoms with E-state index < -0.39 is 11.7 Å². The van der Waals surface area contributed by atoms with Crippen LogP contribution in [0.15, 0.2) is 64.8 Å². The first-order chi connectivity index (χ1) is 11.7. The predicted molar refractivity (Wildman–Crippen MR) is 94.6 cm³/mol. The van der Waals surface area contributed by atoms with Gasteiger partial charge in [-0.2, -0.15) is 0 Å². The van der Waals surface area contributed by atoms with E-state index >= 15 is 0 Å². The Balaban J connectivity index is 1.89. The molecule has 1 aliphatic heterocycles. The molecule has 1 aromatic rings. The maximum Gasteiger partial charge on any atom is 0.277 e. The summed E-state index contributed by atoms with van der Waals surface area (Å²) in [4.78, 5) is 28.2. The van der Waals surface area contributed by atoms with Crippen LogP contribution in [0.2, 0.25) is 0 Å². The summed E-state index contributed by atoms with van der Waals surface area (Å²) in [6, 6.07) is 5.24. The molecule has 0 fully saturated rings. The third-order valence-electron chi connectivity index (χ3n) is 4.17. The number of hydrogen-bond acceptors (Lipinski definition) is 2. The van der Waals surface area contributed by atoms with Crippen molar-refractivity contribution in [3.05, 3.63) is 71.2 Å². The molecular formula is C20H19FN2O2. The average molecular weight is 338 g/mol. The molecule has 1 N–H and O–H groups in total. The second kappa shape index (κ2) is 6.24. The number of halogens is 1. The van der Waals surface area contributed by atoms with Crippen LogP contribution in [-0.4, -0.2) is 17.5 Å². The number of amides is 2. The lowest BCUT2D eigenvalue weighted by atomic mass is 9.74. The Hall–Kier alpha value is -2.82. The molecule has 2 amide bonds. The van der Waals surface area contributed by atoms with Gasteiger partial charge in [0.05, 0.1) is 5.71 Å². The molecule has 0 bridgehead atoms. The summed E-state index contributed by atoms with van der Waals surface area (Å²) in [7, 11) is 0. The van der Waals surface area contributed by atoms with Crippen molar-refractivity contribution >= 4 is 17.5 Å². The highest BCUT2D eigenvalue weighted by Gasteiger charge is 2.32. The lowest BCUT2D eigenvalue weighted by Crippen LogP contribution is -2.36. The zero-order valence-electron chi connectivity index (χ0n) is 14.3. The van der Waals surface area contributed by atoms with Gasteiger partial charge in [-0.15, -0.1) is 0 Å². The summed E-state index contributed by atoms with van der Waals surface area (Å²) in [5.41, 5.74) is 2.35. The van der Waals surface area contributed by atoms with Crippen LogP contribution in [0.25, 0.3) is 0 Å². The Kier molecular flexibility index (Phi) is 4.25. The fourth-order valence-electron chi connectivity index (χ4n) is 2.92. The second-order valence-electron chi connectivity index (χ2n) is 7.12. The number of hydrogen-bond donors (Lipinski definition) is 1. The summed E-state index contributed by atoms with van der Waals surface area (Å²) in [6.45, 7) is 6.18. The van der Waals surface area contributed by atoms with Crippen LogP contribution >= 0.6 is 0 Å². The number of carbonyl (C=O) groups is 2. The van der Waals surface area contributed by atoms with Gasteiger partial charge in [0.15, 0.2) is 0 Å². The Bertz CT molecular complexity index is 853. The molecule has 3 rings (SSSR count). The number of fused-ring (bicyclic) bond motifs is 1. The SMILES string of the molecule is CC(C)(C)C1=CC(=O)NC2=CC(=NC(=O)c3ccc(F)cc3)C=CC21. The van der Waals surface area contributed by atoms with Gasteiger partial charge in [0.2, 0.25) is 5.91 Å². The number of rotatable bonds is 1. The van der Waals surface area contributed by atoms with E-state index in [0.29, 0.717) is 17.0 Å². The maximum atomic E-state index is 13.0. The minimum absolute atomic E-state index is 0.0300. The van der Waals surface area contributed by atoms with Crippen LogP contribution in [0.5, 0.6) is 0 Å². The van der Waals surface area contributed by atoms with Crippen molar-refractivity contribution < 1.29 is 14.0 Å². The first-order valence-corrected chi connectivity index (χ1v) is 8.05. The van der Waals surface area contributed by atoms with Crippen molar-refractivity contribution in [2.75, 3.05) is 0 Å². The molecule has 0 aromatic heterocycles. The topological polar surface area (TPSA) is 58.5 Å². The Labute approximate surface area is 145 Å². The number of carbonyl (C=O) groups excluding carboxylic acids is 2. The first-order valence-electron chi connectivity index (χ1n) is 8.05. The lowest BCUT2D eigenvalue weighted by Gasteiger charge is -2.34. The van der Waals surface area contributed by atoms with E-state index in [2.05, 4.69) is 31.1 Å². The largest absolute Gasteiger partial charge is 0.325 e. The minimum atomic E-state index is -0.455. The van der Waals surface area contributed by atoms with Crippen LogP contribution in [0.3, 0.4) is 0 Å². The molecule has 128 valence electrons. The van der Waals surface area contributed by atoms with Crippen molar-refractivity contribution in [3.63, 3.8) is 0 Å². The lowest BCUT2D eigenvalue weighted by molar-refractivity contribution is -0.116. The smallest absolute Gasteiger partial charge is 0.277 e. The standard InChI is InChI=1S/C20H19FN2O2/c1-20(2,3)16-11-18(24)23-17-10-14(8-9-15(16)17)22-19(25)12-4-6-13(21)7-5-12/h4-11,15H,1-3H3,(H,23,24). The Morgan fingerprint density at radius 1 is 1.16 bits per heavy atom. The quantitative estimate of drug-likeness (QED) is 0.851. The van der Waals surface area contributed by atoms with Gasteiger partial charge in [-0.3, -0.25) is 9.59 Å². The van der Waals surface area contributed by atoms with Crippen LogP contribution in [0.1, 0.15) is 31.1 Å². The van der Waals surface area contributed by atoms with E-state index in [0.717, 1.165) is 5.57 Å². The molecule has 1 aliphatic carbocycles. The van der Waals surface area contributed by atoms with Gasteiger partial charge < -0.3 is 5.32 Å². The highest BCUT2D eigenvalue weighted by atomic mass is 19.1. The summed E-state index contributed by atoms with van der Waals surface area (Å²) in [5.74, 6) is -1.06. The summed E-state index contributed by atoms with van der Waals surface area (Å²) >= 11 is 0. The van der Waals surface area contributed by atoms with Gasteiger partial charge in [0, 0.05) is 23.3 Å². The third kappa shape index (κ3) is 3.65. The van der Waals surface area contributed by atoms with Gasteiger partial charge >= 0.3 is 0 Å². The number of nitrogens with one attached hydrogen (secondary N) is 1. The number of nitrogens with zero attached hydrogens (tertiary/aromatic N) is 1. The fourth-order valence-corrected chi connectivity index (χ4v) is 2.92. The van der Waals surface area contributed by atoms with E-state index in [1.165, 1.54) is 24.3 Å². The molecule has 4 nitrogen and oxygen atoms in total. The van der Waals surface area contributed by atoms with E-state index in [9.17, 15) is 14.0 Å². The number of allylic oxidation sites excluding steroid dienone is 3. The van der Waals surface area contributed by atoms with Crippen LogP contribution < -0.4 is 5.32 Å². The number of aliphatic imine (C=N–C) groups is 1. The predicted octanol–water partition coefficient (Wildman–Crippen LogP) is 3.58. The van der Waals surface area contributed by atoms with Crippen molar-refractivity contribution in [3.8, 4) is 0 Å². The molecule has 25 heavy (non-hydrogen) atoms. The molecule has 2 aliphatic rings. The molecular weight excluding hydrogens is 319 g/mol. The van der Waals surface area contributed by atoms with E-state index in [-0.39, 0.29) is 17.2 Å². The zero-order chi connectivity index (χ0) is 18.2. The van der Waals surface area contributed by atoms with Crippen molar-refractivity contribution in [2.24, 2.45) is 16.3 Å². The van der Waals surface area contributed by atoms with Gasteiger partial charge in [-0.25, -0.2) is 9.38 Å². The van der Waals surface area contributed by atoms with Crippen molar-refractivity contribution in [2.45, 2.75) is 20.8 Å². The second-order valence-corrected chi connectivity index (χ2v) is 7.12. The summed E-state index contributed by atoms with van der Waals surface area (Å²) < 4.78 is 13.0. The molecule has 0 saturated heterocycles. The molecule has 5 heteroatoms. The van der Waals surface area contributed by atoms with Gasteiger partial charge in [0.25, 0.3) is 5.91 Å². The first kappa shape index (κ1) is 17.0. The Morgan fingerprint density at radius 2 is 1.84 bits per heavy atom. The molecule has 1 unspecified atom stereocenters. The molecule has 1 aromatic carbocycles. The van der Waals surface area contributed by atoms with Gasteiger partial charge in [0.1, 0.15) is 5.82 Å². The highest BCUT2D eigenvalue weighted by Crippen LogP contribution is 2.38. The van der Waals surface area contributed by atoms with Gasteiger partial charge in [-0.05, 0) is 47.4 Å². The van der Waals surface area contributed by atoms with Gasteiger partial charge in [-0.1, -0.05) is 26.8 Å². The van der Waals surface area contributed by atoms with E-state index in [4.69, 9.17) is 0 Å². The zero-order valence-corrected chi connectivity index (χ0v) is 14.3. The molecule has 0 saturated carbocycles. The number of benzene rings is 1. The Morgan fingerprint density at radius 3 is 2.48 bits per heavy atom. The highest BCUT2D eigenvalue weighted by molar-refractivity contribution is 6.14. The molecule has 1 atom stereocenters.